The van der Waals surface area contributed by atoms with Crippen molar-refractivity contribution >= 4 is 8.60 Å². The summed E-state index contributed by atoms with van der Waals surface area (Å²) in [5, 5.41) is 0. The molecule has 1 saturated carbocycles. The van der Waals surface area contributed by atoms with Gasteiger partial charge in [0.15, 0.2) is 17.0 Å². The molecule has 4 aromatic rings. The molecule has 5 nitrogen and oxygen atoms in total. The van der Waals surface area contributed by atoms with Crippen molar-refractivity contribution in [1.82, 2.24) is 0 Å². The standard InChI is InChI=1S/C41H47O5P/c1-29(2)35-27-26-30(3)28-36(35)44-47-45-40(31-18-10-6-11-19-31,32-20-12-7-13-21-32)37-38(43-39(4,5)42-37)41(46-47,33-22-14-8-15-23-33)34-24-16-9-17-25-34/h6-25,29-30,35-38H,26-28H2,1-5H3/t30-,35+,36-,37+,38+/m1/s1. The van der Waals surface area contributed by atoms with Gasteiger partial charge < -0.3 is 14.0 Å². The fourth-order valence-electron chi connectivity index (χ4n) is 8.05. The largest absolute Gasteiger partial charge is 0.341 e. The highest BCUT2D eigenvalue weighted by Gasteiger charge is 2.67. The number of hydrogen-bond donors (Lipinski definition) is 0. The first-order valence-corrected chi connectivity index (χ1v) is 18.3. The summed E-state index contributed by atoms with van der Waals surface area (Å²) in [4.78, 5) is 0. The van der Waals surface area contributed by atoms with Gasteiger partial charge in [-0.1, -0.05) is 149 Å². The number of fused-ring (bicyclic) bond motifs is 1. The summed E-state index contributed by atoms with van der Waals surface area (Å²) < 4.78 is 36.6. The van der Waals surface area contributed by atoms with Crippen molar-refractivity contribution < 1.29 is 23.0 Å². The third kappa shape index (κ3) is 6.01. The fourth-order valence-corrected chi connectivity index (χ4v) is 9.73. The molecule has 0 amide bonds. The van der Waals surface area contributed by atoms with Gasteiger partial charge in [0.2, 0.25) is 0 Å². The van der Waals surface area contributed by atoms with Crippen molar-refractivity contribution in [1.29, 1.82) is 0 Å². The number of ether oxygens (including phenoxy) is 2. The van der Waals surface area contributed by atoms with Crippen LogP contribution in [0, 0.1) is 17.8 Å². The SMILES string of the molecule is CC(C)[C@@H]1CC[C@@H](C)C[C@H]1OP1OC(c2ccccc2)(c2ccccc2)[C@H]2OC(C)(C)O[C@@H]2C(c2ccccc2)(c2ccccc2)O1. The highest BCUT2D eigenvalue weighted by atomic mass is 31.2. The zero-order valence-corrected chi connectivity index (χ0v) is 29.0. The van der Waals surface area contributed by atoms with Crippen molar-refractivity contribution in [3.8, 4) is 0 Å². The summed E-state index contributed by atoms with van der Waals surface area (Å²) in [6.07, 6.45) is 2.08. The van der Waals surface area contributed by atoms with E-state index in [4.69, 9.17) is 23.0 Å². The Hall–Kier alpha value is -2.89. The van der Waals surface area contributed by atoms with E-state index in [1.54, 1.807) is 0 Å². The highest BCUT2D eigenvalue weighted by Crippen LogP contribution is 2.66. The summed E-state index contributed by atoms with van der Waals surface area (Å²) >= 11 is 0. The van der Waals surface area contributed by atoms with Crippen LogP contribution in [0.2, 0.25) is 0 Å². The van der Waals surface area contributed by atoms with E-state index >= 15 is 0 Å². The quantitative estimate of drug-likeness (QED) is 0.186. The third-order valence-electron chi connectivity index (χ3n) is 10.3. The molecule has 0 spiro atoms. The van der Waals surface area contributed by atoms with E-state index in [0.29, 0.717) is 17.8 Å². The van der Waals surface area contributed by atoms with Crippen molar-refractivity contribution in [3.05, 3.63) is 144 Å². The predicted molar refractivity (Wildman–Crippen MR) is 186 cm³/mol. The Morgan fingerprint density at radius 3 is 1.36 bits per heavy atom. The van der Waals surface area contributed by atoms with Crippen LogP contribution in [0.3, 0.4) is 0 Å². The molecule has 246 valence electrons. The second-order valence-corrected chi connectivity index (χ2v) is 15.3. The van der Waals surface area contributed by atoms with Gasteiger partial charge in [0.25, 0.3) is 0 Å². The Kier molecular flexibility index (Phi) is 9.17. The molecule has 0 aromatic heterocycles. The lowest BCUT2D eigenvalue weighted by atomic mass is 9.72. The molecule has 2 heterocycles. The molecule has 2 saturated heterocycles. The molecule has 0 bridgehead atoms. The van der Waals surface area contributed by atoms with E-state index in [2.05, 4.69) is 118 Å². The second-order valence-electron chi connectivity index (χ2n) is 14.3. The molecule has 3 fully saturated rings. The summed E-state index contributed by atoms with van der Waals surface area (Å²) in [5.41, 5.74) is 1.66. The van der Waals surface area contributed by atoms with Crippen LogP contribution >= 0.6 is 8.60 Å². The summed E-state index contributed by atoms with van der Waals surface area (Å²) in [6.45, 7) is 10.9. The van der Waals surface area contributed by atoms with Crippen LogP contribution in [0.5, 0.6) is 0 Å². The van der Waals surface area contributed by atoms with Gasteiger partial charge in [0.05, 0.1) is 6.10 Å². The van der Waals surface area contributed by atoms with Gasteiger partial charge in [-0.3, -0.25) is 9.05 Å². The van der Waals surface area contributed by atoms with Crippen LogP contribution < -0.4 is 0 Å². The molecule has 1 aliphatic carbocycles. The topological polar surface area (TPSA) is 46.2 Å². The summed E-state index contributed by atoms with van der Waals surface area (Å²) in [6, 6.07) is 41.7. The molecule has 0 N–H and O–H groups in total. The molecular formula is C41H47O5P. The maximum atomic E-state index is 7.56. The minimum absolute atomic E-state index is 0.00503. The zero-order valence-electron chi connectivity index (χ0n) is 28.1. The minimum atomic E-state index is -1.98. The molecule has 0 unspecified atom stereocenters. The normalized spacial score (nSPS) is 28.4. The van der Waals surface area contributed by atoms with Crippen molar-refractivity contribution in [2.45, 2.75) is 89.2 Å². The van der Waals surface area contributed by atoms with Gasteiger partial charge in [-0.2, -0.15) is 0 Å². The lowest BCUT2D eigenvalue weighted by Gasteiger charge is -2.42. The molecule has 6 heteroatoms. The zero-order chi connectivity index (χ0) is 32.6. The number of benzene rings is 4. The molecule has 7 rings (SSSR count). The van der Waals surface area contributed by atoms with E-state index in [1.807, 2.05) is 38.1 Å². The number of rotatable bonds is 7. The van der Waals surface area contributed by atoms with Crippen molar-refractivity contribution in [3.63, 3.8) is 0 Å². The maximum absolute atomic E-state index is 7.56. The molecular weight excluding hydrogens is 603 g/mol. The molecule has 47 heavy (non-hydrogen) atoms. The second kappa shape index (κ2) is 13.2. The first-order valence-electron chi connectivity index (χ1n) is 17.2. The van der Waals surface area contributed by atoms with Crippen molar-refractivity contribution in [2.24, 2.45) is 17.8 Å². The first kappa shape index (κ1) is 32.6. The Labute approximate surface area is 281 Å². The minimum Gasteiger partial charge on any atom is -0.341 e. The Morgan fingerprint density at radius 1 is 0.617 bits per heavy atom. The third-order valence-corrected chi connectivity index (χ3v) is 11.6. The van der Waals surface area contributed by atoms with Crippen LogP contribution in [0.4, 0.5) is 0 Å². The highest BCUT2D eigenvalue weighted by molar-refractivity contribution is 7.41. The molecule has 3 aliphatic rings. The summed E-state index contributed by atoms with van der Waals surface area (Å²) in [5.74, 6) is 0.515. The van der Waals surface area contributed by atoms with Gasteiger partial charge >= 0.3 is 8.60 Å². The van der Waals surface area contributed by atoms with E-state index in [-0.39, 0.29) is 6.10 Å². The van der Waals surface area contributed by atoms with E-state index < -0.39 is 37.8 Å². The van der Waals surface area contributed by atoms with Gasteiger partial charge in [-0.15, -0.1) is 0 Å². The van der Waals surface area contributed by atoms with E-state index in [0.717, 1.165) is 35.1 Å². The first-order chi connectivity index (χ1) is 22.7. The van der Waals surface area contributed by atoms with Gasteiger partial charge in [-0.05, 0) is 66.7 Å². The van der Waals surface area contributed by atoms with Gasteiger partial charge in [-0.25, -0.2) is 0 Å². The number of hydrogen-bond acceptors (Lipinski definition) is 5. The maximum Gasteiger partial charge on any atom is 0.335 e. The smallest absolute Gasteiger partial charge is 0.335 e. The van der Waals surface area contributed by atoms with Crippen molar-refractivity contribution in [2.75, 3.05) is 0 Å². The van der Waals surface area contributed by atoms with Crippen LogP contribution in [-0.4, -0.2) is 24.1 Å². The molecule has 5 atom stereocenters. The van der Waals surface area contributed by atoms with Crippen LogP contribution in [0.1, 0.15) is 76.1 Å². The predicted octanol–water partition coefficient (Wildman–Crippen LogP) is 10.1. The lowest BCUT2D eigenvalue weighted by molar-refractivity contribution is -0.177. The average molecular weight is 651 g/mol. The van der Waals surface area contributed by atoms with Crippen LogP contribution in [-0.2, 0) is 34.2 Å². The average Bonchev–Trinajstić information content (AvgIpc) is 3.37. The molecule has 2 aliphatic heterocycles. The van der Waals surface area contributed by atoms with E-state index in [9.17, 15) is 0 Å². The van der Waals surface area contributed by atoms with Gasteiger partial charge in [0.1, 0.15) is 12.2 Å². The van der Waals surface area contributed by atoms with Gasteiger partial charge in [0, 0.05) is 0 Å². The summed E-state index contributed by atoms with van der Waals surface area (Å²) in [7, 11) is -1.98. The monoisotopic (exact) mass is 650 g/mol. The van der Waals surface area contributed by atoms with E-state index in [1.165, 1.54) is 6.42 Å². The Morgan fingerprint density at radius 2 is 1.00 bits per heavy atom. The molecule has 0 radical (unpaired) electrons. The molecule has 4 aromatic carbocycles. The lowest BCUT2D eigenvalue weighted by Crippen LogP contribution is -2.53. The van der Waals surface area contributed by atoms with Crippen LogP contribution in [0.25, 0.3) is 0 Å². The fraction of sp³-hybridized carbons (Fsp3) is 0.415. The Balaban J connectivity index is 1.51. The Bertz CT molecular complexity index is 1410. The van der Waals surface area contributed by atoms with Crippen LogP contribution in [0.15, 0.2) is 121 Å².